The minimum absolute atomic E-state index is 0.207. The highest BCUT2D eigenvalue weighted by atomic mass is 16.5. The zero-order valence-corrected chi connectivity index (χ0v) is 13.4. The van der Waals surface area contributed by atoms with Crippen LogP contribution in [0.15, 0.2) is 66.8 Å². The molecule has 3 rings (SSSR count). The van der Waals surface area contributed by atoms with Crippen LogP contribution in [-0.2, 0) is 0 Å². The van der Waals surface area contributed by atoms with Crippen LogP contribution >= 0.6 is 0 Å². The zero-order valence-electron chi connectivity index (χ0n) is 13.4. The Morgan fingerprint density at radius 1 is 1.00 bits per heavy atom. The molecule has 0 bridgehead atoms. The van der Waals surface area contributed by atoms with Gasteiger partial charge in [0.2, 0.25) is 5.79 Å². The van der Waals surface area contributed by atoms with Crippen molar-refractivity contribution in [3.05, 3.63) is 83.4 Å². The molecule has 0 atom stereocenters. The average Bonchev–Trinajstić information content (AvgIpc) is 2.57. The topological polar surface area (TPSA) is 136 Å². The number of hydrogen-bond donors (Lipinski definition) is 5. The Hall–Kier alpha value is -2.77. The fourth-order valence-corrected chi connectivity index (χ4v) is 2.70. The first-order valence-corrected chi connectivity index (χ1v) is 7.65. The number of ketones is 1. The summed E-state index contributed by atoms with van der Waals surface area (Å²) in [5, 5.41) is 19.7. The SMILES string of the molecule is Nc1cccc(C(=O)c2ccccc2C2=CC(N)(N)C(O)(O)C=C2)c1. The van der Waals surface area contributed by atoms with Crippen molar-refractivity contribution < 1.29 is 15.0 Å². The number of hydrogen-bond acceptors (Lipinski definition) is 6. The zero-order chi connectivity index (χ0) is 18.2. The molecule has 2 aromatic rings. The highest BCUT2D eigenvalue weighted by molar-refractivity contribution is 6.12. The molecule has 0 saturated carbocycles. The van der Waals surface area contributed by atoms with E-state index in [0.29, 0.717) is 28.0 Å². The van der Waals surface area contributed by atoms with Gasteiger partial charge in [0.05, 0.1) is 0 Å². The molecule has 0 fully saturated rings. The number of carbonyl (C=O) groups excluding carboxylic acids is 1. The Morgan fingerprint density at radius 2 is 1.72 bits per heavy atom. The Labute approximate surface area is 144 Å². The number of benzene rings is 2. The van der Waals surface area contributed by atoms with E-state index in [1.807, 2.05) is 0 Å². The fraction of sp³-hybridized carbons (Fsp3) is 0.105. The van der Waals surface area contributed by atoms with Crippen LogP contribution in [0.2, 0.25) is 0 Å². The standard InChI is InChI=1S/C19H19N3O3/c20-14-5-3-4-12(10-14)17(23)16-7-2-1-6-15(16)13-8-9-19(24,25)18(21,22)11-13/h1-11,24-25H,20-22H2. The molecule has 0 unspecified atom stereocenters. The summed E-state index contributed by atoms with van der Waals surface area (Å²) >= 11 is 0. The fourth-order valence-electron chi connectivity index (χ4n) is 2.70. The molecule has 1 aliphatic rings. The number of aliphatic hydroxyl groups is 2. The van der Waals surface area contributed by atoms with Crippen molar-refractivity contribution in [2.45, 2.75) is 11.4 Å². The molecule has 0 heterocycles. The molecule has 0 amide bonds. The molecular weight excluding hydrogens is 318 g/mol. The summed E-state index contributed by atoms with van der Waals surface area (Å²) in [6.45, 7) is 0. The van der Waals surface area contributed by atoms with Crippen molar-refractivity contribution >= 4 is 17.0 Å². The highest BCUT2D eigenvalue weighted by Crippen LogP contribution is 2.31. The van der Waals surface area contributed by atoms with E-state index in [0.717, 1.165) is 6.08 Å². The van der Waals surface area contributed by atoms with Crippen LogP contribution < -0.4 is 17.2 Å². The third-order valence-corrected chi connectivity index (χ3v) is 4.16. The summed E-state index contributed by atoms with van der Waals surface area (Å²) in [7, 11) is 0. The maximum atomic E-state index is 12.9. The van der Waals surface area contributed by atoms with E-state index in [4.69, 9.17) is 17.2 Å². The van der Waals surface area contributed by atoms with Gasteiger partial charge in [-0.05, 0) is 35.4 Å². The van der Waals surface area contributed by atoms with Gasteiger partial charge in [0.25, 0.3) is 0 Å². The van der Waals surface area contributed by atoms with Crippen molar-refractivity contribution in [1.82, 2.24) is 0 Å². The quantitative estimate of drug-likeness (QED) is 0.318. The Kier molecular flexibility index (Phi) is 4.06. The second-order valence-electron chi connectivity index (χ2n) is 6.09. The van der Waals surface area contributed by atoms with E-state index in [9.17, 15) is 15.0 Å². The molecule has 8 N–H and O–H groups in total. The predicted molar refractivity (Wildman–Crippen MR) is 96.1 cm³/mol. The van der Waals surface area contributed by atoms with Gasteiger partial charge >= 0.3 is 0 Å². The second-order valence-corrected chi connectivity index (χ2v) is 6.09. The molecule has 0 spiro atoms. The number of anilines is 1. The van der Waals surface area contributed by atoms with Crippen LogP contribution in [0.4, 0.5) is 5.69 Å². The molecule has 2 aromatic carbocycles. The largest absolute Gasteiger partial charge is 0.399 e. The number of nitrogens with two attached hydrogens (primary N) is 3. The van der Waals surface area contributed by atoms with Crippen molar-refractivity contribution in [1.29, 1.82) is 0 Å². The third-order valence-electron chi connectivity index (χ3n) is 4.16. The minimum Gasteiger partial charge on any atom is -0.399 e. The second kappa shape index (κ2) is 5.94. The van der Waals surface area contributed by atoms with E-state index < -0.39 is 11.4 Å². The van der Waals surface area contributed by atoms with Gasteiger partial charge in [0, 0.05) is 16.8 Å². The van der Waals surface area contributed by atoms with E-state index in [-0.39, 0.29) is 5.78 Å². The smallest absolute Gasteiger partial charge is 0.219 e. The molecule has 128 valence electrons. The third kappa shape index (κ3) is 3.11. The predicted octanol–water partition coefficient (Wildman–Crippen LogP) is 0.748. The number of nitrogen functional groups attached to an aromatic ring is 1. The van der Waals surface area contributed by atoms with Crippen LogP contribution in [0, 0.1) is 0 Å². The van der Waals surface area contributed by atoms with Crippen LogP contribution in [0.1, 0.15) is 21.5 Å². The van der Waals surface area contributed by atoms with E-state index in [2.05, 4.69) is 0 Å². The molecule has 25 heavy (non-hydrogen) atoms. The van der Waals surface area contributed by atoms with Crippen LogP contribution in [0.5, 0.6) is 0 Å². The first-order valence-electron chi connectivity index (χ1n) is 7.65. The van der Waals surface area contributed by atoms with Gasteiger partial charge in [-0.2, -0.15) is 0 Å². The van der Waals surface area contributed by atoms with Gasteiger partial charge in [-0.1, -0.05) is 42.5 Å². The molecule has 0 aromatic heterocycles. The van der Waals surface area contributed by atoms with Gasteiger partial charge in [-0.15, -0.1) is 0 Å². The molecule has 6 nitrogen and oxygen atoms in total. The number of allylic oxidation sites excluding steroid dienone is 2. The van der Waals surface area contributed by atoms with E-state index >= 15 is 0 Å². The lowest BCUT2D eigenvalue weighted by molar-refractivity contribution is -0.156. The van der Waals surface area contributed by atoms with Gasteiger partial charge < -0.3 is 27.4 Å². The number of carbonyl (C=O) groups is 1. The van der Waals surface area contributed by atoms with Crippen molar-refractivity contribution in [3.63, 3.8) is 0 Å². The van der Waals surface area contributed by atoms with Gasteiger partial charge in [0.1, 0.15) is 5.66 Å². The Bertz CT molecular complexity index is 898. The van der Waals surface area contributed by atoms with Gasteiger partial charge in [-0.25, -0.2) is 0 Å². The molecule has 1 aliphatic carbocycles. The maximum Gasteiger partial charge on any atom is 0.219 e. The van der Waals surface area contributed by atoms with Crippen LogP contribution in [-0.4, -0.2) is 27.4 Å². The van der Waals surface area contributed by atoms with Crippen LogP contribution in [0.3, 0.4) is 0 Å². The molecular formula is C19H19N3O3. The summed E-state index contributed by atoms with van der Waals surface area (Å²) in [4.78, 5) is 12.9. The molecule has 0 saturated heterocycles. The Balaban J connectivity index is 2.08. The monoisotopic (exact) mass is 337 g/mol. The van der Waals surface area contributed by atoms with Crippen molar-refractivity contribution in [2.24, 2.45) is 11.5 Å². The lowest BCUT2D eigenvalue weighted by Crippen LogP contribution is -2.65. The maximum absolute atomic E-state index is 12.9. The van der Waals surface area contributed by atoms with E-state index in [1.54, 1.807) is 48.5 Å². The van der Waals surface area contributed by atoms with Gasteiger partial charge in [-0.3, -0.25) is 4.79 Å². The highest BCUT2D eigenvalue weighted by Gasteiger charge is 2.42. The van der Waals surface area contributed by atoms with E-state index in [1.165, 1.54) is 12.2 Å². The Morgan fingerprint density at radius 3 is 2.40 bits per heavy atom. The summed E-state index contributed by atoms with van der Waals surface area (Å²) < 4.78 is 0. The normalized spacial score (nSPS) is 17.8. The molecule has 0 aliphatic heterocycles. The first kappa shape index (κ1) is 17.1. The van der Waals surface area contributed by atoms with Gasteiger partial charge in [0.15, 0.2) is 5.78 Å². The van der Waals surface area contributed by atoms with Crippen LogP contribution in [0.25, 0.3) is 5.57 Å². The van der Waals surface area contributed by atoms with Crippen molar-refractivity contribution in [3.8, 4) is 0 Å². The summed E-state index contributed by atoms with van der Waals surface area (Å²) in [5.41, 5.74) is 17.9. The lowest BCUT2D eigenvalue weighted by atomic mass is 9.86. The number of rotatable bonds is 3. The average molecular weight is 337 g/mol. The molecule has 0 radical (unpaired) electrons. The molecule has 6 heteroatoms. The van der Waals surface area contributed by atoms with Crippen molar-refractivity contribution in [2.75, 3.05) is 5.73 Å². The summed E-state index contributed by atoms with van der Waals surface area (Å²) in [6.07, 6.45) is 3.91. The summed E-state index contributed by atoms with van der Waals surface area (Å²) in [6, 6.07) is 13.6. The summed E-state index contributed by atoms with van der Waals surface area (Å²) in [5.74, 6) is -2.58. The minimum atomic E-state index is -2.37. The lowest BCUT2D eigenvalue weighted by Gasteiger charge is -2.36. The first-order chi connectivity index (χ1) is 11.7.